The Morgan fingerprint density at radius 2 is 2.18 bits per heavy atom. The predicted molar refractivity (Wildman–Crippen MR) is 82.5 cm³/mol. The molecular weight excluding hydrogens is 309 g/mol. The van der Waals surface area contributed by atoms with Crippen molar-refractivity contribution in [3.05, 3.63) is 29.6 Å². The van der Waals surface area contributed by atoms with Gasteiger partial charge in [0.1, 0.15) is 5.82 Å². The summed E-state index contributed by atoms with van der Waals surface area (Å²) in [5, 5.41) is 0. The van der Waals surface area contributed by atoms with E-state index in [-0.39, 0.29) is 29.1 Å². The molecule has 0 aliphatic carbocycles. The number of anilines is 1. The normalized spacial score (nSPS) is 21.9. The number of halogens is 1. The Morgan fingerprint density at radius 3 is 2.73 bits per heavy atom. The van der Waals surface area contributed by atoms with Gasteiger partial charge < -0.3 is 10.6 Å². The maximum Gasteiger partial charge on any atom is 0.254 e. The van der Waals surface area contributed by atoms with Crippen LogP contribution in [0.15, 0.2) is 18.2 Å². The minimum atomic E-state index is -3.62. The van der Waals surface area contributed by atoms with Crippen molar-refractivity contribution in [1.29, 1.82) is 0 Å². The minimum absolute atomic E-state index is 0.0532. The Hall–Kier alpha value is -1.67. The van der Waals surface area contributed by atoms with Crippen molar-refractivity contribution >= 4 is 21.6 Å². The Balaban J connectivity index is 2.25. The molecule has 122 valence electrons. The predicted octanol–water partition coefficient (Wildman–Crippen LogP) is 1.01. The Kier molecular flexibility index (Phi) is 4.72. The van der Waals surface area contributed by atoms with Crippen molar-refractivity contribution < 1.29 is 17.6 Å². The van der Waals surface area contributed by atoms with Crippen LogP contribution in [0.2, 0.25) is 0 Å². The summed E-state index contributed by atoms with van der Waals surface area (Å²) in [6, 6.07) is 3.72. The van der Waals surface area contributed by atoms with Crippen LogP contribution < -0.4 is 10.5 Å². The third-order valence-corrected chi connectivity index (χ3v) is 4.35. The average molecular weight is 329 g/mol. The fourth-order valence-electron chi connectivity index (χ4n) is 2.70. The first-order valence-corrected chi connectivity index (χ1v) is 8.88. The van der Waals surface area contributed by atoms with E-state index in [0.29, 0.717) is 13.1 Å². The Bertz CT molecular complexity index is 678. The lowest BCUT2D eigenvalue weighted by Gasteiger charge is -2.22. The van der Waals surface area contributed by atoms with Crippen LogP contribution in [0.25, 0.3) is 0 Å². The molecule has 1 aromatic rings. The van der Waals surface area contributed by atoms with E-state index in [0.717, 1.165) is 18.7 Å². The zero-order valence-corrected chi connectivity index (χ0v) is 13.4. The molecule has 1 fully saturated rings. The second-order valence-electron chi connectivity index (χ2n) is 5.71. The molecule has 0 spiro atoms. The number of nitrogens with two attached hydrogens (primary N) is 1. The molecule has 2 atom stereocenters. The first kappa shape index (κ1) is 16.7. The fourth-order valence-corrected chi connectivity index (χ4v) is 3.25. The van der Waals surface area contributed by atoms with E-state index in [1.807, 2.05) is 6.92 Å². The van der Waals surface area contributed by atoms with Gasteiger partial charge in [-0.05, 0) is 44.0 Å². The number of nitrogens with zero attached hydrogens (tertiary/aromatic N) is 1. The highest BCUT2D eigenvalue weighted by Gasteiger charge is 2.32. The van der Waals surface area contributed by atoms with Crippen LogP contribution in [-0.4, -0.2) is 44.6 Å². The second-order valence-corrected chi connectivity index (χ2v) is 7.46. The number of carbonyl (C=O) groups is 1. The van der Waals surface area contributed by atoms with Crippen molar-refractivity contribution in [2.24, 2.45) is 11.7 Å². The molecule has 2 rings (SSSR count). The molecule has 0 radical (unpaired) electrons. The summed E-state index contributed by atoms with van der Waals surface area (Å²) in [6.07, 6.45) is 1.76. The van der Waals surface area contributed by atoms with Crippen LogP contribution in [0.1, 0.15) is 23.7 Å². The van der Waals surface area contributed by atoms with Crippen LogP contribution in [0.4, 0.5) is 10.1 Å². The number of sulfonamides is 1. The van der Waals surface area contributed by atoms with Gasteiger partial charge in [0.25, 0.3) is 5.91 Å². The van der Waals surface area contributed by atoms with Gasteiger partial charge in [-0.15, -0.1) is 0 Å². The number of nitrogens with one attached hydrogen (secondary N) is 1. The number of benzene rings is 1. The number of carbonyl (C=O) groups excluding carboxylic acids is 1. The van der Waals surface area contributed by atoms with Crippen molar-refractivity contribution in [1.82, 2.24) is 4.90 Å². The van der Waals surface area contributed by atoms with Crippen LogP contribution in [0.5, 0.6) is 0 Å². The minimum Gasteiger partial charge on any atom is -0.336 e. The van der Waals surface area contributed by atoms with Gasteiger partial charge in [-0.2, -0.15) is 0 Å². The van der Waals surface area contributed by atoms with Gasteiger partial charge in [0.2, 0.25) is 10.0 Å². The molecule has 0 bridgehead atoms. The number of amides is 1. The summed E-state index contributed by atoms with van der Waals surface area (Å²) >= 11 is 0. The SMILES string of the molecule is CC1CC(CN)CN1C(=O)c1ccc(F)c(NS(C)(=O)=O)c1. The molecule has 8 heteroatoms. The lowest BCUT2D eigenvalue weighted by atomic mass is 10.1. The van der Waals surface area contributed by atoms with Gasteiger partial charge in [0.15, 0.2) is 0 Å². The standard InChI is InChI=1S/C14H20FN3O3S/c1-9-5-10(7-16)8-18(9)14(19)11-3-4-12(15)13(6-11)17-22(2,20)21/h3-4,6,9-10,17H,5,7-8,16H2,1-2H3. The van der Waals surface area contributed by atoms with Crippen molar-refractivity contribution in [2.75, 3.05) is 24.1 Å². The molecule has 1 heterocycles. The smallest absolute Gasteiger partial charge is 0.254 e. The van der Waals surface area contributed by atoms with E-state index < -0.39 is 15.8 Å². The molecule has 1 saturated heterocycles. The monoisotopic (exact) mass is 329 g/mol. The third kappa shape index (κ3) is 3.75. The Morgan fingerprint density at radius 1 is 1.50 bits per heavy atom. The zero-order valence-electron chi connectivity index (χ0n) is 12.5. The highest BCUT2D eigenvalue weighted by Crippen LogP contribution is 2.25. The average Bonchev–Trinajstić information content (AvgIpc) is 2.80. The second kappa shape index (κ2) is 6.21. The van der Waals surface area contributed by atoms with Crippen molar-refractivity contribution in [3.63, 3.8) is 0 Å². The fraction of sp³-hybridized carbons (Fsp3) is 0.500. The molecule has 6 nitrogen and oxygen atoms in total. The zero-order chi connectivity index (χ0) is 16.5. The highest BCUT2D eigenvalue weighted by molar-refractivity contribution is 7.92. The molecule has 3 N–H and O–H groups in total. The van der Waals surface area contributed by atoms with Crippen LogP contribution in [0.3, 0.4) is 0 Å². The van der Waals surface area contributed by atoms with Crippen LogP contribution >= 0.6 is 0 Å². The van der Waals surface area contributed by atoms with Gasteiger partial charge in [0, 0.05) is 18.2 Å². The lowest BCUT2D eigenvalue weighted by molar-refractivity contribution is 0.0743. The van der Waals surface area contributed by atoms with E-state index in [9.17, 15) is 17.6 Å². The highest BCUT2D eigenvalue weighted by atomic mass is 32.2. The quantitative estimate of drug-likeness (QED) is 0.862. The summed E-state index contributed by atoms with van der Waals surface area (Å²) in [6.45, 7) is 3.01. The molecule has 2 unspecified atom stereocenters. The maximum absolute atomic E-state index is 13.7. The summed E-state index contributed by atoms with van der Waals surface area (Å²) < 4.78 is 38.2. The first-order chi connectivity index (χ1) is 10.2. The number of rotatable bonds is 4. The van der Waals surface area contributed by atoms with E-state index >= 15 is 0 Å². The van der Waals surface area contributed by atoms with Crippen molar-refractivity contribution in [3.8, 4) is 0 Å². The summed E-state index contributed by atoms with van der Waals surface area (Å²) in [5.41, 5.74) is 5.67. The van der Waals surface area contributed by atoms with Crippen LogP contribution in [0, 0.1) is 11.7 Å². The topological polar surface area (TPSA) is 92.5 Å². The number of hydrogen-bond acceptors (Lipinski definition) is 4. The number of hydrogen-bond donors (Lipinski definition) is 2. The van der Waals surface area contributed by atoms with E-state index in [1.54, 1.807) is 4.90 Å². The molecule has 1 amide bonds. The van der Waals surface area contributed by atoms with E-state index in [4.69, 9.17) is 5.73 Å². The molecule has 0 aromatic heterocycles. The molecule has 1 aromatic carbocycles. The molecule has 22 heavy (non-hydrogen) atoms. The van der Waals surface area contributed by atoms with Gasteiger partial charge in [-0.1, -0.05) is 0 Å². The van der Waals surface area contributed by atoms with Gasteiger partial charge in [-0.3, -0.25) is 9.52 Å². The largest absolute Gasteiger partial charge is 0.336 e. The molecule has 1 aliphatic heterocycles. The number of likely N-dealkylation sites (tertiary alicyclic amines) is 1. The first-order valence-electron chi connectivity index (χ1n) is 6.99. The van der Waals surface area contributed by atoms with Gasteiger partial charge in [0.05, 0.1) is 11.9 Å². The van der Waals surface area contributed by atoms with Crippen LogP contribution in [-0.2, 0) is 10.0 Å². The maximum atomic E-state index is 13.7. The van der Waals surface area contributed by atoms with E-state index in [1.165, 1.54) is 12.1 Å². The molecule has 0 saturated carbocycles. The summed E-state index contributed by atoms with van der Waals surface area (Å²) in [4.78, 5) is 14.2. The molecular formula is C14H20FN3O3S. The third-order valence-electron chi connectivity index (χ3n) is 3.76. The summed E-state index contributed by atoms with van der Waals surface area (Å²) in [5.74, 6) is -0.718. The Labute approximate surface area is 129 Å². The van der Waals surface area contributed by atoms with Crippen molar-refractivity contribution in [2.45, 2.75) is 19.4 Å². The lowest BCUT2D eigenvalue weighted by Crippen LogP contribution is -2.34. The molecule has 1 aliphatic rings. The summed E-state index contributed by atoms with van der Waals surface area (Å²) in [7, 11) is -3.62. The van der Waals surface area contributed by atoms with Gasteiger partial charge in [-0.25, -0.2) is 12.8 Å². The van der Waals surface area contributed by atoms with Gasteiger partial charge >= 0.3 is 0 Å². The van der Waals surface area contributed by atoms with E-state index in [2.05, 4.69) is 4.72 Å².